The van der Waals surface area contributed by atoms with Gasteiger partial charge >= 0.3 is 0 Å². The minimum Gasteiger partial charge on any atom is -0.306 e. The van der Waals surface area contributed by atoms with Crippen molar-refractivity contribution >= 4 is 22.6 Å². The van der Waals surface area contributed by atoms with Gasteiger partial charge in [-0.05, 0) is 18.9 Å². The molecule has 0 spiro atoms. The second kappa shape index (κ2) is 3.19. The molecule has 0 aromatic rings. The molecular formula is C7H14IN. The van der Waals surface area contributed by atoms with Gasteiger partial charge in [0.2, 0.25) is 0 Å². The number of likely N-dealkylation sites (tertiary alicyclic amines) is 1. The van der Waals surface area contributed by atoms with Crippen LogP contribution in [0.4, 0.5) is 0 Å². The van der Waals surface area contributed by atoms with Crippen LogP contribution < -0.4 is 0 Å². The number of halogens is 1. The summed E-state index contributed by atoms with van der Waals surface area (Å²) in [5.41, 5.74) is 0. The van der Waals surface area contributed by atoms with Gasteiger partial charge in [-0.1, -0.05) is 29.5 Å². The summed E-state index contributed by atoms with van der Waals surface area (Å²) in [7, 11) is 2.21. The van der Waals surface area contributed by atoms with Crippen molar-refractivity contribution in [2.45, 2.75) is 6.92 Å². The molecule has 0 aromatic carbocycles. The number of rotatable bonds is 1. The molecule has 2 heteroatoms. The van der Waals surface area contributed by atoms with E-state index in [9.17, 15) is 0 Å². The number of alkyl halides is 1. The average Bonchev–Trinajstić information content (AvgIpc) is 2.10. The lowest BCUT2D eigenvalue weighted by Crippen LogP contribution is -2.14. The van der Waals surface area contributed by atoms with Gasteiger partial charge in [0, 0.05) is 17.5 Å². The maximum Gasteiger partial charge on any atom is 0.00389 e. The van der Waals surface area contributed by atoms with Crippen molar-refractivity contribution in [1.29, 1.82) is 0 Å². The topological polar surface area (TPSA) is 3.24 Å². The molecule has 1 rings (SSSR count). The maximum absolute atomic E-state index is 2.49. The highest BCUT2D eigenvalue weighted by atomic mass is 127. The molecule has 0 aliphatic carbocycles. The molecule has 9 heavy (non-hydrogen) atoms. The van der Waals surface area contributed by atoms with E-state index in [1.54, 1.807) is 0 Å². The van der Waals surface area contributed by atoms with Gasteiger partial charge in [-0.25, -0.2) is 0 Å². The highest BCUT2D eigenvalue weighted by molar-refractivity contribution is 14.1. The first-order valence-electron chi connectivity index (χ1n) is 3.48. The molecule has 1 aliphatic rings. The average molecular weight is 239 g/mol. The summed E-state index contributed by atoms with van der Waals surface area (Å²) < 4.78 is 1.32. The minimum absolute atomic E-state index is 0.923. The zero-order chi connectivity index (χ0) is 6.85. The molecule has 0 bridgehead atoms. The van der Waals surface area contributed by atoms with Crippen molar-refractivity contribution in [3.05, 3.63) is 0 Å². The van der Waals surface area contributed by atoms with Gasteiger partial charge in [-0.2, -0.15) is 0 Å². The van der Waals surface area contributed by atoms with E-state index in [1.165, 1.54) is 17.5 Å². The molecule has 1 fully saturated rings. The highest BCUT2D eigenvalue weighted by Gasteiger charge is 2.25. The Kier molecular flexibility index (Phi) is 2.76. The predicted molar refractivity (Wildman–Crippen MR) is 49.0 cm³/mol. The molecule has 0 radical (unpaired) electrons. The van der Waals surface area contributed by atoms with E-state index in [1.807, 2.05) is 0 Å². The number of hydrogen-bond donors (Lipinski definition) is 0. The summed E-state index contributed by atoms with van der Waals surface area (Å²) in [5.74, 6) is 1.88. The Morgan fingerprint density at radius 2 is 2.22 bits per heavy atom. The third-order valence-corrected chi connectivity index (χ3v) is 3.28. The first kappa shape index (κ1) is 7.79. The Bertz CT molecular complexity index is 94.9. The SMILES string of the molecule is CC1CN(C)CC1CI. The Morgan fingerprint density at radius 1 is 1.56 bits per heavy atom. The molecule has 0 aromatic heterocycles. The Morgan fingerprint density at radius 3 is 2.44 bits per heavy atom. The standard InChI is InChI=1S/C7H14IN/c1-6-4-9(2)5-7(6)3-8/h6-7H,3-5H2,1-2H3. The quantitative estimate of drug-likeness (QED) is 0.496. The lowest BCUT2D eigenvalue weighted by molar-refractivity contribution is 0.399. The number of hydrogen-bond acceptors (Lipinski definition) is 1. The van der Waals surface area contributed by atoms with Gasteiger partial charge in [0.15, 0.2) is 0 Å². The van der Waals surface area contributed by atoms with Crippen LogP contribution in [-0.2, 0) is 0 Å². The van der Waals surface area contributed by atoms with Crippen LogP contribution in [0.5, 0.6) is 0 Å². The fourth-order valence-electron chi connectivity index (χ4n) is 1.50. The summed E-state index contributed by atoms with van der Waals surface area (Å²) in [6, 6.07) is 0. The fraction of sp³-hybridized carbons (Fsp3) is 1.00. The lowest BCUT2D eigenvalue weighted by atomic mass is 10.0. The molecule has 2 unspecified atom stereocenters. The van der Waals surface area contributed by atoms with E-state index in [0.717, 1.165) is 11.8 Å². The van der Waals surface area contributed by atoms with Crippen LogP contribution in [0.25, 0.3) is 0 Å². The van der Waals surface area contributed by atoms with Gasteiger partial charge in [0.1, 0.15) is 0 Å². The van der Waals surface area contributed by atoms with Crippen molar-refractivity contribution in [2.24, 2.45) is 11.8 Å². The van der Waals surface area contributed by atoms with Gasteiger partial charge in [0.05, 0.1) is 0 Å². The summed E-state index contributed by atoms with van der Waals surface area (Å²) in [4.78, 5) is 2.42. The van der Waals surface area contributed by atoms with E-state index in [-0.39, 0.29) is 0 Å². The van der Waals surface area contributed by atoms with Crippen LogP contribution in [0.2, 0.25) is 0 Å². The molecule has 0 N–H and O–H groups in total. The fourth-order valence-corrected chi connectivity index (χ4v) is 2.64. The van der Waals surface area contributed by atoms with Crippen LogP contribution in [-0.4, -0.2) is 29.5 Å². The summed E-state index contributed by atoms with van der Waals surface area (Å²) in [6.45, 7) is 4.96. The summed E-state index contributed by atoms with van der Waals surface area (Å²) in [6.07, 6.45) is 0. The minimum atomic E-state index is 0.923. The third kappa shape index (κ3) is 1.80. The Balaban J connectivity index is 2.38. The number of nitrogens with zero attached hydrogens (tertiary/aromatic N) is 1. The second-order valence-electron chi connectivity index (χ2n) is 3.11. The zero-order valence-electron chi connectivity index (χ0n) is 6.10. The molecule has 2 atom stereocenters. The van der Waals surface area contributed by atoms with E-state index in [2.05, 4.69) is 41.5 Å². The predicted octanol–water partition coefficient (Wildman–Crippen LogP) is 1.62. The first-order chi connectivity index (χ1) is 4.24. The monoisotopic (exact) mass is 239 g/mol. The van der Waals surface area contributed by atoms with Crippen LogP contribution in [0, 0.1) is 11.8 Å². The van der Waals surface area contributed by atoms with Crippen molar-refractivity contribution in [2.75, 3.05) is 24.6 Å². The Labute approximate surface area is 70.9 Å². The summed E-state index contributed by atoms with van der Waals surface area (Å²) in [5, 5.41) is 0. The van der Waals surface area contributed by atoms with E-state index in [0.29, 0.717) is 0 Å². The van der Waals surface area contributed by atoms with Crippen molar-refractivity contribution < 1.29 is 0 Å². The van der Waals surface area contributed by atoms with E-state index < -0.39 is 0 Å². The molecule has 0 saturated carbocycles. The molecule has 1 saturated heterocycles. The van der Waals surface area contributed by atoms with Crippen molar-refractivity contribution in [1.82, 2.24) is 4.90 Å². The van der Waals surface area contributed by atoms with E-state index >= 15 is 0 Å². The molecule has 1 heterocycles. The molecule has 1 nitrogen and oxygen atoms in total. The maximum atomic E-state index is 2.49. The molecule has 1 aliphatic heterocycles. The summed E-state index contributed by atoms with van der Waals surface area (Å²) >= 11 is 2.49. The van der Waals surface area contributed by atoms with Gasteiger partial charge < -0.3 is 4.90 Å². The zero-order valence-corrected chi connectivity index (χ0v) is 8.26. The molecule has 54 valence electrons. The molecule has 0 amide bonds. The third-order valence-electron chi connectivity index (χ3n) is 2.15. The first-order valence-corrected chi connectivity index (χ1v) is 5.01. The second-order valence-corrected chi connectivity index (χ2v) is 3.99. The lowest BCUT2D eigenvalue weighted by Gasteiger charge is -2.07. The van der Waals surface area contributed by atoms with Crippen LogP contribution >= 0.6 is 22.6 Å². The normalized spacial score (nSPS) is 37.7. The van der Waals surface area contributed by atoms with Gasteiger partial charge in [0.25, 0.3) is 0 Å². The van der Waals surface area contributed by atoms with Crippen LogP contribution in [0.1, 0.15) is 6.92 Å². The van der Waals surface area contributed by atoms with Crippen molar-refractivity contribution in [3.8, 4) is 0 Å². The van der Waals surface area contributed by atoms with Crippen LogP contribution in [0.3, 0.4) is 0 Å². The van der Waals surface area contributed by atoms with Gasteiger partial charge in [-0.3, -0.25) is 0 Å². The largest absolute Gasteiger partial charge is 0.306 e. The van der Waals surface area contributed by atoms with E-state index in [4.69, 9.17) is 0 Å². The van der Waals surface area contributed by atoms with Crippen molar-refractivity contribution in [3.63, 3.8) is 0 Å². The Hall–Kier alpha value is 0.690. The smallest absolute Gasteiger partial charge is 0.00389 e. The van der Waals surface area contributed by atoms with Gasteiger partial charge in [-0.15, -0.1) is 0 Å². The molecular weight excluding hydrogens is 225 g/mol. The highest BCUT2D eigenvalue weighted by Crippen LogP contribution is 2.22. The van der Waals surface area contributed by atoms with Crippen LogP contribution in [0.15, 0.2) is 0 Å².